The number of carbonyl (C=O) groups excluding carboxylic acids is 2. The highest BCUT2D eigenvalue weighted by Crippen LogP contribution is 2.33. The molecule has 24 heavy (non-hydrogen) atoms. The van der Waals surface area contributed by atoms with Crippen LogP contribution in [0.2, 0.25) is 5.02 Å². The van der Waals surface area contributed by atoms with Gasteiger partial charge in [-0.3, -0.25) is 9.59 Å². The van der Waals surface area contributed by atoms with E-state index in [0.29, 0.717) is 21.5 Å². The molecular formula is C18H13BrClNO3. The molecule has 0 amide bonds. The molecule has 4 nitrogen and oxygen atoms in total. The predicted molar refractivity (Wildman–Crippen MR) is 96.8 cm³/mol. The average Bonchev–Trinajstić information content (AvgIpc) is 2.92. The van der Waals surface area contributed by atoms with Crippen molar-refractivity contribution in [3.63, 3.8) is 0 Å². The second kappa shape index (κ2) is 6.79. The monoisotopic (exact) mass is 405 g/mol. The fourth-order valence-corrected chi connectivity index (χ4v) is 2.78. The Morgan fingerprint density at radius 3 is 2.54 bits per heavy atom. The van der Waals surface area contributed by atoms with Gasteiger partial charge in [0.15, 0.2) is 5.75 Å². The fourth-order valence-electron chi connectivity index (χ4n) is 2.34. The maximum absolute atomic E-state index is 12.8. The molecule has 6 heteroatoms. The first-order valence-corrected chi connectivity index (χ1v) is 8.49. The minimum Gasteiger partial charge on any atom is -0.423 e. The molecule has 0 spiro atoms. The van der Waals surface area contributed by atoms with Gasteiger partial charge in [0.2, 0.25) is 5.78 Å². The Bertz CT molecular complexity index is 931. The highest BCUT2D eigenvalue weighted by Gasteiger charge is 2.22. The van der Waals surface area contributed by atoms with Gasteiger partial charge in [0.1, 0.15) is 5.69 Å². The van der Waals surface area contributed by atoms with Gasteiger partial charge in [-0.15, -0.1) is 0 Å². The van der Waals surface area contributed by atoms with E-state index in [1.807, 2.05) is 0 Å². The van der Waals surface area contributed by atoms with Crippen LogP contribution in [0.25, 0.3) is 10.9 Å². The number of hydrogen-bond acceptors (Lipinski definition) is 3. The molecule has 0 radical (unpaired) electrons. The van der Waals surface area contributed by atoms with Crippen LogP contribution in [0.15, 0.2) is 46.9 Å². The number of rotatable bonds is 4. The maximum Gasteiger partial charge on any atom is 0.310 e. The Morgan fingerprint density at radius 2 is 1.88 bits per heavy atom. The molecule has 0 aliphatic heterocycles. The van der Waals surface area contributed by atoms with Crippen LogP contribution in [-0.2, 0) is 4.79 Å². The first-order chi connectivity index (χ1) is 11.5. The summed E-state index contributed by atoms with van der Waals surface area (Å²) < 4.78 is 6.29. The second-order valence-electron chi connectivity index (χ2n) is 5.18. The molecular weight excluding hydrogens is 394 g/mol. The highest BCUT2D eigenvalue weighted by molar-refractivity contribution is 9.10. The van der Waals surface area contributed by atoms with Crippen molar-refractivity contribution in [3.8, 4) is 5.75 Å². The number of H-pyrrole nitrogens is 1. The van der Waals surface area contributed by atoms with Gasteiger partial charge in [-0.1, -0.05) is 34.5 Å². The molecule has 0 aliphatic rings. The lowest BCUT2D eigenvalue weighted by atomic mass is 10.1. The largest absolute Gasteiger partial charge is 0.423 e. The first-order valence-electron chi connectivity index (χ1n) is 7.31. The number of benzene rings is 2. The summed E-state index contributed by atoms with van der Waals surface area (Å²) in [6.07, 6.45) is 0.214. The zero-order chi connectivity index (χ0) is 17.3. The van der Waals surface area contributed by atoms with Gasteiger partial charge in [0, 0.05) is 26.9 Å². The fraction of sp³-hybridized carbons (Fsp3) is 0.111. The number of esters is 1. The maximum atomic E-state index is 12.8. The number of hydrogen-bond donors (Lipinski definition) is 1. The third kappa shape index (κ3) is 3.23. The van der Waals surface area contributed by atoms with E-state index in [0.717, 1.165) is 4.47 Å². The standard InChI is InChI=1S/C18H13BrClNO3/c1-2-15(22)24-18-13-8-7-12(20)9-14(13)21-16(18)17(23)10-3-5-11(19)6-4-10/h3-9,21H,2H2,1H3. The lowest BCUT2D eigenvalue weighted by Crippen LogP contribution is -2.10. The molecule has 0 unspecified atom stereocenters. The predicted octanol–water partition coefficient (Wildman–Crippen LogP) is 5.13. The minimum atomic E-state index is -0.407. The average molecular weight is 407 g/mol. The quantitative estimate of drug-likeness (QED) is 0.482. The van der Waals surface area contributed by atoms with Crippen LogP contribution >= 0.6 is 27.5 Å². The van der Waals surface area contributed by atoms with Crippen molar-refractivity contribution in [1.29, 1.82) is 0 Å². The van der Waals surface area contributed by atoms with Crippen LogP contribution in [0.4, 0.5) is 0 Å². The van der Waals surface area contributed by atoms with Gasteiger partial charge in [-0.25, -0.2) is 0 Å². The Morgan fingerprint density at radius 1 is 1.17 bits per heavy atom. The summed E-state index contributed by atoms with van der Waals surface area (Å²) in [6, 6.07) is 12.1. The van der Waals surface area contributed by atoms with E-state index in [4.69, 9.17) is 16.3 Å². The van der Waals surface area contributed by atoms with E-state index in [9.17, 15) is 9.59 Å². The van der Waals surface area contributed by atoms with Crippen LogP contribution in [0.3, 0.4) is 0 Å². The molecule has 1 N–H and O–H groups in total. The summed E-state index contributed by atoms with van der Waals surface area (Å²) in [5.41, 5.74) is 1.36. The van der Waals surface area contributed by atoms with Crippen LogP contribution in [-0.4, -0.2) is 16.7 Å². The molecule has 0 bridgehead atoms. The third-order valence-corrected chi connectivity index (χ3v) is 4.31. The normalized spacial score (nSPS) is 10.8. The lowest BCUT2D eigenvalue weighted by Gasteiger charge is -2.05. The molecule has 3 rings (SSSR count). The molecule has 0 fully saturated rings. The number of aromatic amines is 1. The molecule has 122 valence electrons. The van der Waals surface area contributed by atoms with Gasteiger partial charge >= 0.3 is 5.97 Å². The summed E-state index contributed by atoms with van der Waals surface area (Å²) in [4.78, 5) is 27.6. The van der Waals surface area contributed by atoms with Crippen LogP contribution in [0.5, 0.6) is 5.75 Å². The zero-order valence-electron chi connectivity index (χ0n) is 12.7. The van der Waals surface area contributed by atoms with Crippen LogP contribution < -0.4 is 4.74 Å². The lowest BCUT2D eigenvalue weighted by molar-refractivity contribution is -0.133. The van der Waals surface area contributed by atoms with Crippen molar-refractivity contribution in [1.82, 2.24) is 4.98 Å². The molecule has 2 aromatic carbocycles. The van der Waals surface area contributed by atoms with Gasteiger partial charge in [0.25, 0.3) is 0 Å². The van der Waals surface area contributed by atoms with E-state index in [1.165, 1.54) is 0 Å². The molecule has 0 saturated carbocycles. The summed E-state index contributed by atoms with van der Waals surface area (Å²) in [5.74, 6) is -0.425. The SMILES string of the molecule is CCC(=O)Oc1c(C(=O)c2ccc(Br)cc2)[nH]c2cc(Cl)ccc12. The van der Waals surface area contributed by atoms with Gasteiger partial charge in [-0.05, 0) is 42.5 Å². The van der Waals surface area contributed by atoms with Gasteiger partial charge in [0.05, 0.1) is 5.52 Å². The van der Waals surface area contributed by atoms with E-state index in [2.05, 4.69) is 20.9 Å². The van der Waals surface area contributed by atoms with E-state index in [1.54, 1.807) is 49.4 Å². The zero-order valence-corrected chi connectivity index (χ0v) is 15.1. The highest BCUT2D eigenvalue weighted by atomic mass is 79.9. The van der Waals surface area contributed by atoms with E-state index in [-0.39, 0.29) is 23.6 Å². The number of carbonyl (C=O) groups is 2. The summed E-state index contributed by atoms with van der Waals surface area (Å²) in [7, 11) is 0. The number of nitrogens with one attached hydrogen (secondary N) is 1. The van der Waals surface area contributed by atoms with Crippen molar-refractivity contribution in [2.45, 2.75) is 13.3 Å². The van der Waals surface area contributed by atoms with Crippen molar-refractivity contribution in [2.24, 2.45) is 0 Å². The van der Waals surface area contributed by atoms with Crippen LogP contribution in [0, 0.1) is 0 Å². The second-order valence-corrected chi connectivity index (χ2v) is 6.53. The Balaban J connectivity index is 2.14. The third-order valence-electron chi connectivity index (χ3n) is 3.55. The number of aromatic nitrogens is 1. The number of fused-ring (bicyclic) bond motifs is 1. The smallest absolute Gasteiger partial charge is 0.310 e. The van der Waals surface area contributed by atoms with Crippen molar-refractivity contribution in [3.05, 3.63) is 63.2 Å². The molecule has 0 saturated heterocycles. The molecule has 1 aromatic heterocycles. The first kappa shape index (κ1) is 16.7. The van der Waals surface area contributed by atoms with E-state index >= 15 is 0 Å². The molecule has 1 heterocycles. The van der Waals surface area contributed by atoms with E-state index < -0.39 is 5.97 Å². The Hall–Kier alpha value is -2.11. The Labute approximate surface area is 151 Å². The van der Waals surface area contributed by atoms with Crippen molar-refractivity contribution < 1.29 is 14.3 Å². The van der Waals surface area contributed by atoms with Crippen LogP contribution in [0.1, 0.15) is 29.4 Å². The summed E-state index contributed by atoms with van der Waals surface area (Å²) >= 11 is 9.35. The number of ketones is 1. The molecule has 3 aromatic rings. The topological polar surface area (TPSA) is 59.2 Å². The minimum absolute atomic E-state index is 0.214. The number of ether oxygens (including phenoxy) is 1. The summed E-state index contributed by atoms with van der Waals surface area (Å²) in [6.45, 7) is 1.70. The number of halogens is 2. The summed E-state index contributed by atoms with van der Waals surface area (Å²) in [5, 5.41) is 1.17. The Kier molecular flexibility index (Phi) is 4.73. The van der Waals surface area contributed by atoms with Crippen molar-refractivity contribution in [2.75, 3.05) is 0 Å². The van der Waals surface area contributed by atoms with Gasteiger partial charge < -0.3 is 9.72 Å². The van der Waals surface area contributed by atoms with Crippen molar-refractivity contribution >= 4 is 50.2 Å². The molecule has 0 aliphatic carbocycles. The van der Waals surface area contributed by atoms with Gasteiger partial charge in [-0.2, -0.15) is 0 Å². The molecule has 0 atom stereocenters.